The number of nitrogens with zero attached hydrogens (tertiary/aromatic N) is 3. The molecular formula is C16H22N4O. The van der Waals surface area contributed by atoms with Crippen molar-refractivity contribution in [2.45, 2.75) is 31.8 Å². The molecule has 1 saturated heterocycles. The van der Waals surface area contributed by atoms with Crippen LogP contribution in [0.2, 0.25) is 0 Å². The van der Waals surface area contributed by atoms with Crippen molar-refractivity contribution in [1.29, 1.82) is 0 Å². The summed E-state index contributed by atoms with van der Waals surface area (Å²) in [5.41, 5.74) is 3.60. The zero-order chi connectivity index (χ0) is 14.5. The first-order chi connectivity index (χ1) is 10.4. The first-order valence-electron chi connectivity index (χ1n) is 7.57. The Hall–Kier alpha value is -1.72. The maximum Gasteiger partial charge on any atom is 0.0999 e. The predicted octanol–water partition coefficient (Wildman–Crippen LogP) is 1.94. The smallest absolute Gasteiger partial charge is 0.0999 e. The summed E-state index contributed by atoms with van der Waals surface area (Å²) >= 11 is 0. The summed E-state index contributed by atoms with van der Waals surface area (Å²) in [6.45, 7) is 3.21. The molecule has 0 saturated carbocycles. The van der Waals surface area contributed by atoms with Crippen molar-refractivity contribution < 1.29 is 4.74 Å². The molecule has 0 amide bonds. The van der Waals surface area contributed by atoms with E-state index in [0.29, 0.717) is 5.92 Å². The lowest BCUT2D eigenvalue weighted by Gasteiger charge is -2.23. The van der Waals surface area contributed by atoms with E-state index in [2.05, 4.69) is 44.6 Å². The molecule has 0 aliphatic carbocycles. The monoisotopic (exact) mass is 286 g/mol. The molecule has 0 spiro atoms. The third-order valence-corrected chi connectivity index (χ3v) is 3.97. The Morgan fingerprint density at radius 1 is 1.24 bits per heavy atom. The standard InChI is InChI=1S/C16H22N4O/c1-17-11-15-16(14-7-9-21-10-8-14)20(19-18-15)12-13-5-3-2-4-6-13/h2-6,14,17H,7-12H2,1H3. The molecule has 1 fully saturated rings. The van der Waals surface area contributed by atoms with Gasteiger partial charge in [0.05, 0.1) is 17.9 Å². The van der Waals surface area contributed by atoms with E-state index in [4.69, 9.17) is 4.74 Å². The quantitative estimate of drug-likeness (QED) is 0.912. The Bertz CT molecular complexity index is 561. The van der Waals surface area contributed by atoms with E-state index >= 15 is 0 Å². The van der Waals surface area contributed by atoms with E-state index in [1.165, 1.54) is 11.3 Å². The van der Waals surface area contributed by atoms with E-state index in [0.717, 1.165) is 44.8 Å². The summed E-state index contributed by atoms with van der Waals surface area (Å²) < 4.78 is 7.56. The summed E-state index contributed by atoms with van der Waals surface area (Å²) in [5.74, 6) is 0.501. The van der Waals surface area contributed by atoms with Crippen LogP contribution in [-0.2, 0) is 17.8 Å². The molecule has 0 bridgehead atoms. The number of aromatic nitrogens is 3. The fourth-order valence-electron chi connectivity index (χ4n) is 2.94. The summed E-state index contributed by atoms with van der Waals surface area (Å²) in [6, 6.07) is 10.4. The summed E-state index contributed by atoms with van der Waals surface area (Å²) in [6.07, 6.45) is 2.11. The molecule has 2 aromatic rings. The van der Waals surface area contributed by atoms with Crippen LogP contribution >= 0.6 is 0 Å². The van der Waals surface area contributed by atoms with Gasteiger partial charge in [-0.3, -0.25) is 0 Å². The van der Waals surface area contributed by atoms with Crippen LogP contribution in [0.5, 0.6) is 0 Å². The second-order valence-electron chi connectivity index (χ2n) is 5.48. The van der Waals surface area contributed by atoms with Crippen LogP contribution in [0.15, 0.2) is 30.3 Å². The zero-order valence-electron chi connectivity index (χ0n) is 12.5. The SMILES string of the molecule is CNCc1nnn(Cc2ccccc2)c1C1CCOCC1. The number of benzene rings is 1. The predicted molar refractivity (Wildman–Crippen MR) is 81.1 cm³/mol. The Balaban J connectivity index is 1.88. The van der Waals surface area contributed by atoms with Crippen molar-refractivity contribution >= 4 is 0 Å². The van der Waals surface area contributed by atoms with Gasteiger partial charge < -0.3 is 10.1 Å². The lowest BCUT2D eigenvalue weighted by Crippen LogP contribution is -2.20. The van der Waals surface area contributed by atoms with Crippen LogP contribution in [0.4, 0.5) is 0 Å². The highest BCUT2D eigenvalue weighted by atomic mass is 16.5. The fourth-order valence-corrected chi connectivity index (χ4v) is 2.94. The second-order valence-corrected chi connectivity index (χ2v) is 5.48. The van der Waals surface area contributed by atoms with E-state index in [-0.39, 0.29) is 0 Å². The molecule has 1 aliphatic heterocycles. The van der Waals surface area contributed by atoms with Gasteiger partial charge in [-0.1, -0.05) is 35.5 Å². The van der Waals surface area contributed by atoms with E-state index in [1.54, 1.807) is 0 Å². The molecule has 1 aromatic heterocycles. The van der Waals surface area contributed by atoms with E-state index in [9.17, 15) is 0 Å². The van der Waals surface area contributed by atoms with Gasteiger partial charge in [-0.15, -0.1) is 5.10 Å². The molecule has 1 N–H and O–H groups in total. The third kappa shape index (κ3) is 3.31. The first-order valence-corrected chi connectivity index (χ1v) is 7.57. The number of nitrogens with one attached hydrogen (secondary N) is 1. The average Bonchev–Trinajstić information content (AvgIpc) is 2.92. The van der Waals surface area contributed by atoms with Crippen molar-refractivity contribution in [3.63, 3.8) is 0 Å². The topological polar surface area (TPSA) is 52.0 Å². The van der Waals surface area contributed by atoms with Gasteiger partial charge in [0, 0.05) is 25.7 Å². The van der Waals surface area contributed by atoms with Gasteiger partial charge in [-0.25, -0.2) is 4.68 Å². The first kappa shape index (κ1) is 14.2. The van der Waals surface area contributed by atoms with Crippen LogP contribution in [0, 0.1) is 0 Å². The number of ether oxygens (including phenoxy) is 1. The normalized spacial score (nSPS) is 16.2. The summed E-state index contributed by atoms with van der Waals surface area (Å²) in [7, 11) is 1.95. The van der Waals surface area contributed by atoms with Crippen molar-refractivity contribution in [2.24, 2.45) is 0 Å². The lowest BCUT2D eigenvalue weighted by atomic mass is 9.94. The van der Waals surface area contributed by atoms with Gasteiger partial charge in [0.1, 0.15) is 0 Å². The fraction of sp³-hybridized carbons (Fsp3) is 0.500. The zero-order valence-corrected chi connectivity index (χ0v) is 12.5. The molecule has 0 radical (unpaired) electrons. The Morgan fingerprint density at radius 2 is 2.00 bits per heavy atom. The average molecular weight is 286 g/mol. The molecule has 21 heavy (non-hydrogen) atoms. The molecular weight excluding hydrogens is 264 g/mol. The van der Waals surface area contributed by atoms with Crippen LogP contribution in [0.1, 0.15) is 35.7 Å². The number of hydrogen-bond acceptors (Lipinski definition) is 4. The minimum atomic E-state index is 0.501. The molecule has 0 atom stereocenters. The molecule has 112 valence electrons. The maximum atomic E-state index is 5.49. The summed E-state index contributed by atoms with van der Waals surface area (Å²) in [4.78, 5) is 0. The minimum absolute atomic E-state index is 0.501. The van der Waals surface area contributed by atoms with Gasteiger partial charge >= 0.3 is 0 Å². The second kappa shape index (κ2) is 6.83. The van der Waals surface area contributed by atoms with Crippen LogP contribution in [0.25, 0.3) is 0 Å². The van der Waals surface area contributed by atoms with Crippen molar-refractivity contribution in [2.75, 3.05) is 20.3 Å². The highest BCUT2D eigenvalue weighted by Gasteiger charge is 2.24. The van der Waals surface area contributed by atoms with Gasteiger partial charge in [0.25, 0.3) is 0 Å². The Kier molecular flexibility index (Phi) is 4.62. The Morgan fingerprint density at radius 3 is 2.71 bits per heavy atom. The minimum Gasteiger partial charge on any atom is -0.381 e. The molecule has 3 rings (SSSR count). The van der Waals surface area contributed by atoms with Gasteiger partial charge in [0.15, 0.2) is 0 Å². The van der Waals surface area contributed by atoms with Crippen molar-refractivity contribution in [3.8, 4) is 0 Å². The third-order valence-electron chi connectivity index (χ3n) is 3.97. The molecule has 0 unspecified atom stereocenters. The van der Waals surface area contributed by atoms with E-state index < -0.39 is 0 Å². The Labute approximate surface area is 125 Å². The highest BCUT2D eigenvalue weighted by molar-refractivity contribution is 5.20. The highest BCUT2D eigenvalue weighted by Crippen LogP contribution is 2.29. The number of hydrogen-bond donors (Lipinski definition) is 1. The summed E-state index contributed by atoms with van der Waals surface area (Å²) in [5, 5.41) is 12.0. The van der Waals surface area contributed by atoms with Crippen molar-refractivity contribution in [1.82, 2.24) is 20.3 Å². The molecule has 1 aliphatic rings. The van der Waals surface area contributed by atoms with Gasteiger partial charge in [-0.05, 0) is 25.5 Å². The largest absolute Gasteiger partial charge is 0.381 e. The molecule has 5 heteroatoms. The number of rotatable bonds is 5. The van der Waals surface area contributed by atoms with Crippen LogP contribution < -0.4 is 5.32 Å². The van der Waals surface area contributed by atoms with Gasteiger partial charge in [0.2, 0.25) is 0 Å². The van der Waals surface area contributed by atoms with E-state index in [1.807, 2.05) is 13.1 Å². The van der Waals surface area contributed by atoms with Crippen LogP contribution in [0.3, 0.4) is 0 Å². The van der Waals surface area contributed by atoms with Gasteiger partial charge in [-0.2, -0.15) is 0 Å². The lowest BCUT2D eigenvalue weighted by molar-refractivity contribution is 0.0834. The molecule has 2 heterocycles. The van der Waals surface area contributed by atoms with Crippen LogP contribution in [-0.4, -0.2) is 35.3 Å². The maximum absolute atomic E-state index is 5.49. The van der Waals surface area contributed by atoms with Crippen molar-refractivity contribution in [3.05, 3.63) is 47.3 Å². The molecule has 5 nitrogen and oxygen atoms in total. The molecule has 1 aromatic carbocycles.